The summed E-state index contributed by atoms with van der Waals surface area (Å²) in [5.41, 5.74) is 3.71. The van der Waals surface area contributed by atoms with E-state index >= 15 is 0 Å². The number of fused-ring (bicyclic) bond motifs is 1. The molecule has 0 bridgehead atoms. The number of rotatable bonds is 5. The zero-order valence-electron chi connectivity index (χ0n) is 19.2. The van der Waals surface area contributed by atoms with Crippen molar-refractivity contribution in [3.05, 3.63) is 106 Å². The minimum absolute atomic E-state index is 0.322. The molecular weight excluding hydrogens is 464 g/mol. The topological polar surface area (TPSA) is 85.2 Å². The number of methoxy groups -OCH3 is 1. The van der Waals surface area contributed by atoms with Gasteiger partial charge in [0.1, 0.15) is 17.6 Å². The van der Waals surface area contributed by atoms with Gasteiger partial charge >= 0.3 is 0 Å². The number of nitrogens with zero attached hydrogens (tertiary/aromatic N) is 2. The number of amides is 2. The predicted octanol–water partition coefficient (Wildman–Crippen LogP) is 4.73. The lowest BCUT2D eigenvalue weighted by Gasteiger charge is -2.33. The SMILES string of the molecule is COc1ccc([C@@H]2c3c(C)nn(-c4ccccc4)c3NC(=O)[C@H]2NC(=O)c2ccc(Cl)cc2)cc1. The van der Waals surface area contributed by atoms with Crippen LogP contribution in [0.15, 0.2) is 78.9 Å². The highest BCUT2D eigenvalue weighted by atomic mass is 35.5. The highest BCUT2D eigenvalue weighted by Gasteiger charge is 2.41. The molecule has 2 heterocycles. The van der Waals surface area contributed by atoms with E-state index in [2.05, 4.69) is 10.6 Å². The van der Waals surface area contributed by atoms with Gasteiger partial charge in [-0.2, -0.15) is 5.10 Å². The number of aryl methyl sites for hydroxylation is 1. The zero-order chi connectivity index (χ0) is 24.5. The number of anilines is 1. The first kappa shape index (κ1) is 22.7. The first-order valence-electron chi connectivity index (χ1n) is 11.1. The van der Waals surface area contributed by atoms with Gasteiger partial charge in [-0.1, -0.05) is 41.9 Å². The molecular formula is C27H23ClN4O3. The lowest BCUT2D eigenvalue weighted by Crippen LogP contribution is -2.50. The van der Waals surface area contributed by atoms with Crippen molar-refractivity contribution in [1.29, 1.82) is 0 Å². The smallest absolute Gasteiger partial charge is 0.251 e. The van der Waals surface area contributed by atoms with Gasteiger partial charge in [0, 0.05) is 22.1 Å². The third-order valence-corrected chi connectivity index (χ3v) is 6.40. The van der Waals surface area contributed by atoms with Crippen molar-refractivity contribution < 1.29 is 14.3 Å². The van der Waals surface area contributed by atoms with Gasteiger partial charge in [-0.25, -0.2) is 4.68 Å². The van der Waals surface area contributed by atoms with Crippen LogP contribution in [0.3, 0.4) is 0 Å². The molecule has 1 aliphatic heterocycles. The van der Waals surface area contributed by atoms with Gasteiger partial charge in [-0.15, -0.1) is 0 Å². The Morgan fingerprint density at radius 3 is 2.37 bits per heavy atom. The summed E-state index contributed by atoms with van der Waals surface area (Å²) in [7, 11) is 1.60. The lowest BCUT2D eigenvalue weighted by atomic mass is 9.81. The van der Waals surface area contributed by atoms with Gasteiger partial charge in [0.25, 0.3) is 5.91 Å². The molecule has 0 aliphatic carbocycles. The molecule has 0 unspecified atom stereocenters. The van der Waals surface area contributed by atoms with Crippen molar-refractivity contribution >= 4 is 29.2 Å². The summed E-state index contributed by atoms with van der Waals surface area (Å²) in [5.74, 6) is 0.150. The monoisotopic (exact) mass is 486 g/mol. The van der Waals surface area contributed by atoms with Crippen LogP contribution in [0.2, 0.25) is 5.02 Å². The number of halogens is 1. The molecule has 2 amide bonds. The highest BCUT2D eigenvalue weighted by molar-refractivity contribution is 6.30. The van der Waals surface area contributed by atoms with E-state index in [1.54, 1.807) is 36.1 Å². The Morgan fingerprint density at radius 1 is 1.03 bits per heavy atom. The van der Waals surface area contributed by atoms with Crippen LogP contribution in [-0.4, -0.2) is 34.7 Å². The summed E-state index contributed by atoms with van der Waals surface area (Å²) in [6.45, 7) is 1.91. The van der Waals surface area contributed by atoms with E-state index in [1.165, 1.54) is 0 Å². The molecule has 5 rings (SSSR count). The van der Waals surface area contributed by atoms with Crippen molar-refractivity contribution in [2.24, 2.45) is 0 Å². The first-order chi connectivity index (χ1) is 17.0. The van der Waals surface area contributed by atoms with Crippen LogP contribution in [0.1, 0.15) is 33.1 Å². The second-order valence-corrected chi connectivity index (χ2v) is 8.73. The molecule has 0 spiro atoms. The van der Waals surface area contributed by atoms with Crippen LogP contribution in [-0.2, 0) is 4.79 Å². The van der Waals surface area contributed by atoms with Gasteiger partial charge < -0.3 is 15.4 Å². The number of aromatic nitrogens is 2. The molecule has 4 aromatic rings. The molecule has 2 N–H and O–H groups in total. The zero-order valence-corrected chi connectivity index (χ0v) is 19.9. The predicted molar refractivity (Wildman–Crippen MR) is 134 cm³/mol. The Bertz CT molecular complexity index is 1380. The number of carbonyl (C=O) groups excluding carboxylic acids is 2. The second kappa shape index (κ2) is 9.27. The Morgan fingerprint density at radius 2 is 1.71 bits per heavy atom. The molecule has 0 saturated heterocycles. The number of hydrogen-bond acceptors (Lipinski definition) is 4. The minimum atomic E-state index is -0.855. The van der Waals surface area contributed by atoms with E-state index in [4.69, 9.17) is 21.4 Å². The summed E-state index contributed by atoms with van der Waals surface area (Å²) in [6, 6.07) is 22.8. The third-order valence-electron chi connectivity index (χ3n) is 6.14. The quantitative estimate of drug-likeness (QED) is 0.427. The molecule has 1 aliphatic rings. The Hall–Kier alpha value is -4.10. The summed E-state index contributed by atoms with van der Waals surface area (Å²) in [6.07, 6.45) is 0. The largest absolute Gasteiger partial charge is 0.497 e. The molecule has 3 aromatic carbocycles. The fourth-order valence-electron chi connectivity index (χ4n) is 4.45. The standard InChI is InChI=1S/C27H23ClN4O3/c1-16-22-23(17-10-14-21(35-2)15-11-17)24(29-26(33)18-8-12-19(28)13-9-18)27(34)30-25(22)32(31-16)20-6-4-3-5-7-20/h3-15,23-24H,1-2H3,(H,29,33)(H,30,34)/t23-,24+/m1/s1. The maximum Gasteiger partial charge on any atom is 0.251 e. The summed E-state index contributed by atoms with van der Waals surface area (Å²) in [4.78, 5) is 26.6. The van der Waals surface area contributed by atoms with Gasteiger partial charge in [-0.05, 0) is 61.0 Å². The summed E-state index contributed by atoms with van der Waals surface area (Å²) < 4.78 is 7.05. The molecule has 0 radical (unpaired) electrons. The molecule has 0 fully saturated rings. The van der Waals surface area contributed by atoms with Crippen LogP contribution in [0.5, 0.6) is 5.75 Å². The van der Waals surface area contributed by atoms with E-state index in [1.807, 2.05) is 61.5 Å². The first-order valence-corrected chi connectivity index (χ1v) is 11.5. The van der Waals surface area contributed by atoms with E-state index in [-0.39, 0.29) is 11.8 Å². The van der Waals surface area contributed by atoms with Crippen LogP contribution in [0.4, 0.5) is 5.82 Å². The van der Waals surface area contributed by atoms with Crippen molar-refractivity contribution in [3.8, 4) is 11.4 Å². The molecule has 35 heavy (non-hydrogen) atoms. The van der Waals surface area contributed by atoms with Crippen LogP contribution in [0, 0.1) is 6.92 Å². The molecule has 1 aromatic heterocycles. The lowest BCUT2D eigenvalue weighted by molar-refractivity contribution is -0.118. The van der Waals surface area contributed by atoms with Crippen LogP contribution >= 0.6 is 11.6 Å². The number of ether oxygens (including phenoxy) is 1. The highest BCUT2D eigenvalue weighted by Crippen LogP contribution is 2.41. The number of para-hydroxylation sites is 1. The number of hydrogen-bond donors (Lipinski definition) is 2. The fourth-order valence-corrected chi connectivity index (χ4v) is 4.57. The second-order valence-electron chi connectivity index (χ2n) is 8.29. The van der Waals surface area contributed by atoms with Crippen LogP contribution in [0.25, 0.3) is 5.69 Å². The maximum absolute atomic E-state index is 13.5. The summed E-state index contributed by atoms with van der Waals surface area (Å²) >= 11 is 5.97. The van der Waals surface area contributed by atoms with Crippen molar-refractivity contribution in [3.63, 3.8) is 0 Å². The van der Waals surface area contributed by atoms with Crippen molar-refractivity contribution in [2.45, 2.75) is 18.9 Å². The van der Waals surface area contributed by atoms with Gasteiger partial charge in [0.05, 0.1) is 18.5 Å². The normalized spacial score (nSPS) is 16.8. The fraction of sp³-hybridized carbons (Fsp3) is 0.148. The molecule has 2 atom stereocenters. The maximum atomic E-state index is 13.5. The van der Waals surface area contributed by atoms with E-state index in [0.717, 1.165) is 22.5 Å². The minimum Gasteiger partial charge on any atom is -0.497 e. The Kier molecular flexibility index (Phi) is 6.01. The number of benzene rings is 3. The number of nitrogens with one attached hydrogen (secondary N) is 2. The molecule has 7 nitrogen and oxygen atoms in total. The Labute approximate surface area is 207 Å². The van der Waals surface area contributed by atoms with E-state index in [9.17, 15) is 9.59 Å². The molecule has 8 heteroatoms. The average molecular weight is 487 g/mol. The molecule has 0 saturated carbocycles. The molecule has 176 valence electrons. The number of carbonyl (C=O) groups is 2. The summed E-state index contributed by atoms with van der Waals surface area (Å²) in [5, 5.41) is 11.2. The van der Waals surface area contributed by atoms with E-state index in [0.29, 0.717) is 22.2 Å². The van der Waals surface area contributed by atoms with Gasteiger partial charge in [-0.3, -0.25) is 9.59 Å². The van der Waals surface area contributed by atoms with Crippen LogP contribution < -0.4 is 15.4 Å². The average Bonchev–Trinajstić information content (AvgIpc) is 3.21. The van der Waals surface area contributed by atoms with Crippen molar-refractivity contribution in [1.82, 2.24) is 15.1 Å². The Balaban J connectivity index is 1.61. The van der Waals surface area contributed by atoms with Gasteiger partial charge in [0.2, 0.25) is 5.91 Å². The van der Waals surface area contributed by atoms with Gasteiger partial charge in [0.15, 0.2) is 0 Å². The third kappa shape index (κ3) is 4.26. The van der Waals surface area contributed by atoms with Crippen molar-refractivity contribution in [2.75, 3.05) is 12.4 Å². The van der Waals surface area contributed by atoms with E-state index < -0.39 is 12.0 Å².